The highest BCUT2D eigenvalue weighted by Crippen LogP contribution is 2.49. The van der Waals surface area contributed by atoms with Crippen LogP contribution in [0.1, 0.15) is 61.0 Å². The van der Waals surface area contributed by atoms with E-state index in [1.165, 1.54) is 36.9 Å². The average Bonchev–Trinajstić information content (AvgIpc) is 2.51. The molecule has 2 aliphatic carbocycles. The molecule has 0 spiro atoms. The van der Waals surface area contributed by atoms with Gasteiger partial charge in [0.2, 0.25) is 0 Å². The van der Waals surface area contributed by atoms with E-state index < -0.39 is 0 Å². The molecule has 2 bridgehead atoms. The average molecular weight is 299 g/mol. The number of nitrogens with zero attached hydrogens (tertiary/aromatic N) is 1. The molecular formula is C19H29N3. The summed E-state index contributed by atoms with van der Waals surface area (Å²) in [5.74, 6) is 2.25. The number of rotatable bonds is 5. The minimum atomic E-state index is 0.612. The van der Waals surface area contributed by atoms with E-state index in [-0.39, 0.29) is 0 Å². The third-order valence-electron chi connectivity index (χ3n) is 5.61. The quantitative estimate of drug-likeness (QED) is 0.874. The second-order valence-electron chi connectivity index (χ2n) is 7.04. The van der Waals surface area contributed by atoms with E-state index in [1.54, 1.807) is 0 Å². The van der Waals surface area contributed by atoms with Crippen molar-refractivity contribution in [1.82, 2.24) is 10.3 Å². The Balaban J connectivity index is 1.95. The van der Waals surface area contributed by atoms with Crippen LogP contribution in [0.2, 0.25) is 0 Å². The number of hydrogen-bond donors (Lipinski definition) is 2. The number of anilines is 1. The minimum Gasteiger partial charge on any atom is -0.398 e. The van der Waals surface area contributed by atoms with E-state index in [0.717, 1.165) is 48.2 Å². The molecule has 3 N–H and O–H groups in total. The highest BCUT2D eigenvalue weighted by Gasteiger charge is 2.37. The number of fused-ring (bicyclic) bond motifs is 4. The van der Waals surface area contributed by atoms with E-state index in [4.69, 9.17) is 10.7 Å². The van der Waals surface area contributed by atoms with Crippen molar-refractivity contribution < 1.29 is 0 Å². The Morgan fingerprint density at radius 1 is 1.36 bits per heavy atom. The first-order valence-corrected chi connectivity index (χ1v) is 8.76. The standard InChI is InChI=1S/C19H29N3/c1-4-15-16(5-2)22-17-11-13-8-12(6-7-21-3)9-14(10-13)18(17)19(15)20/h4,12-14,21H,1,5-11H2,2-3H3,(H2,20,22). The molecule has 3 rings (SSSR count). The summed E-state index contributed by atoms with van der Waals surface area (Å²) in [5.41, 5.74) is 12.4. The van der Waals surface area contributed by atoms with Crippen LogP contribution in [0.5, 0.6) is 0 Å². The number of nitrogens with one attached hydrogen (secondary N) is 1. The molecule has 22 heavy (non-hydrogen) atoms. The van der Waals surface area contributed by atoms with E-state index in [9.17, 15) is 0 Å². The number of hydrogen-bond acceptors (Lipinski definition) is 3. The first-order valence-electron chi connectivity index (χ1n) is 8.76. The fraction of sp³-hybridized carbons (Fsp3) is 0.632. The number of pyridine rings is 1. The van der Waals surface area contributed by atoms with Gasteiger partial charge in [0.1, 0.15) is 0 Å². The van der Waals surface area contributed by atoms with Crippen molar-refractivity contribution in [3.05, 3.63) is 29.1 Å². The first kappa shape index (κ1) is 15.5. The third-order valence-corrected chi connectivity index (χ3v) is 5.61. The van der Waals surface area contributed by atoms with Gasteiger partial charge in [0.25, 0.3) is 0 Å². The maximum atomic E-state index is 6.55. The first-order chi connectivity index (χ1) is 10.7. The third kappa shape index (κ3) is 2.67. The van der Waals surface area contributed by atoms with E-state index >= 15 is 0 Å². The van der Waals surface area contributed by atoms with E-state index in [0.29, 0.717) is 5.92 Å². The van der Waals surface area contributed by atoms with Gasteiger partial charge in [0, 0.05) is 28.2 Å². The summed E-state index contributed by atoms with van der Waals surface area (Å²) in [6.45, 7) is 7.23. The van der Waals surface area contributed by atoms with Crippen LogP contribution in [0.4, 0.5) is 5.69 Å². The molecule has 2 aliphatic rings. The molecule has 0 aliphatic heterocycles. The lowest BCUT2D eigenvalue weighted by Crippen LogP contribution is -2.31. The molecule has 3 nitrogen and oxygen atoms in total. The van der Waals surface area contributed by atoms with Gasteiger partial charge in [-0.05, 0) is 69.9 Å². The monoisotopic (exact) mass is 299 g/mol. The minimum absolute atomic E-state index is 0.612. The van der Waals surface area contributed by atoms with Crippen molar-refractivity contribution in [2.45, 2.75) is 51.4 Å². The number of nitrogen functional groups attached to an aromatic ring is 1. The van der Waals surface area contributed by atoms with Gasteiger partial charge in [-0.15, -0.1) is 0 Å². The normalized spacial score (nSPS) is 26.5. The molecular weight excluding hydrogens is 270 g/mol. The maximum absolute atomic E-state index is 6.55. The molecule has 1 aromatic heterocycles. The van der Waals surface area contributed by atoms with Crippen LogP contribution in [-0.4, -0.2) is 18.6 Å². The summed E-state index contributed by atoms with van der Waals surface area (Å²) in [6, 6.07) is 0. The molecule has 0 amide bonds. The lowest BCUT2D eigenvalue weighted by Gasteiger charge is -2.41. The Labute approximate surface area is 134 Å². The van der Waals surface area contributed by atoms with Crippen LogP contribution in [0.25, 0.3) is 6.08 Å². The summed E-state index contributed by atoms with van der Waals surface area (Å²) in [7, 11) is 2.05. The van der Waals surface area contributed by atoms with Gasteiger partial charge < -0.3 is 11.1 Å². The Kier molecular flexibility index (Phi) is 4.53. The van der Waals surface area contributed by atoms with Gasteiger partial charge in [0.05, 0.1) is 0 Å². The van der Waals surface area contributed by atoms with Crippen molar-refractivity contribution in [3.8, 4) is 0 Å². The topological polar surface area (TPSA) is 50.9 Å². The highest BCUT2D eigenvalue weighted by atomic mass is 14.8. The Bertz CT molecular complexity index is 564. The SMILES string of the molecule is C=Cc1c(CC)nc2c(c1N)C1CC(CCNC)CC(C2)C1. The van der Waals surface area contributed by atoms with Crippen LogP contribution >= 0.6 is 0 Å². The predicted octanol–water partition coefficient (Wildman–Crippen LogP) is 3.53. The van der Waals surface area contributed by atoms with E-state index in [2.05, 4.69) is 18.8 Å². The lowest BCUT2D eigenvalue weighted by atomic mass is 9.65. The molecule has 0 radical (unpaired) electrons. The molecule has 1 saturated carbocycles. The maximum Gasteiger partial charge on any atom is 0.0497 e. The largest absolute Gasteiger partial charge is 0.398 e. The molecule has 0 aromatic carbocycles. The smallest absolute Gasteiger partial charge is 0.0497 e. The second-order valence-corrected chi connectivity index (χ2v) is 7.04. The van der Waals surface area contributed by atoms with Crippen LogP contribution in [0.3, 0.4) is 0 Å². The van der Waals surface area contributed by atoms with Crippen molar-refractivity contribution in [1.29, 1.82) is 0 Å². The molecule has 1 fully saturated rings. The van der Waals surface area contributed by atoms with Gasteiger partial charge in [-0.3, -0.25) is 4.98 Å². The zero-order valence-electron chi connectivity index (χ0n) is 14.0. The molecule has 3 atom stereocenters. The Morgan fingerprint density at radius 3 is 2.86 bits per heavy atom. The van der Waals surface area contributed by atoms with Gasteiger partial charge in [0.15, 0.2) is 0 Å². The van der Waals surface area contributed by atoms with Gasteiger partial charge in [-0.1, -0.05) is 19.6 Å². The Hall–Kier alpha value is -1.35. The van der Waals surface area contributed by atoms with Gasteiger partial charge in [-0.2, -0.15) is 0 Å². The summed E-state index contributed by atoms with van der Waals surface area (Å²) < 4.78 is 0. The molecule has 120 valence electrons. The molecule has 0 saturated heterocycles. The summed E-state index contributed by atoms with van der Waals surface area (Å²) in [5, 5.41) is 3.29. The summed E-state index contributed by atoms with van der Waals surface area (Å²) in [4.78, 5) is 4.97. The fourth-order valence-corrected chi connectivity index (χ4v) is 4.67. The van der Waals surface area contributed by atoms with E-state index in [1.807, 2.05) is 13.1 Å². The summed E-state index contributed by atoms with van der Waals surface area (Å²) >= 11 is 0. The predicted molar refractivity (Wildman–Crippen MR) is 93.9 cm³/mol. The zero-order valence-corrected chi connectivity index (χ0v) is 14.0. The zero-order chi connectivity index (χ0) is 15.7. The summed E-state index contributed by atoms with van der Waals surface area (Å²) in [6.07, 6.45) is 9.18. The number of aromatic nitrogens is 1. The lowest BCUT2D eigenvalue weighted by molar-refractivity contribution is 0.210. The molecule has 3 unspecified atom stereocenters. The van der Waals surface area contributed by atoms with Crippen molar-refractivity contribution in [2.75, 3.05) is 19.3 Å². The van der Waals surface area contributed by atoms with Crippen LogP contribution in [0.15, 0.2) is 6.58 Å². The van der Waals surface area contributed by atoms with Crippen LogP contribution < -0.4 is 11.1 Å². The fourth-order valence-electron chi connectivity index (χ4n) is 4.67. The van der Waals surface area contributed by atoms with Crippen molar-refractivity contribution in [3.63, 3.8) is 0 Å². The second kappa shape index (κ2) is 6.41. The van der Waals surface area contributed by atoms with Crippen LogP contribution in [-0.2, 0) is 12.8 Å². The molecule has 1 heterocycles. The van der Waals surface area contributed by atoms with Crippen LogP contribution in [0, 0.1) is 11.8 Å². The van der Waals surface area contributed by atoms with Crippen molar-refractivity contribution >= 4 is 11.8 Å². The van der Waals surface area contributed by atoms with Crippen molar-refractivity contribution in [2.24, 2.45) is 11.8 Å². The molecule has 1 aromatic rings. The highest BCUT2D eigenvalue weighted by molar-refractivity contribution is 5.70. The molecule has 3 heteroatoms. The van der Waals surface area contributed by atoms with Gasteiger partial charge in [-0.25, -0.2) is 0 Å². The van der Waals surface area contributed by atoms with Gasteiger partial charge >= 0.3 is 0 Å². The number of nitrogens with two attached hydrogens (primary N) is 1. The Morgan fingerprint density at radius 2 is 2.18 bits per heavy atom. The number of aryl methyl sites for hydroxylation is 1.